The summed E-state index contributed by atoms with van der Waals surface area (Å²) in [4.78, 5) is 2.40. The number of likely N-dealkylation sites (tertiary alicyclic amines) is 1. The van der Waals surface area contributed by atoms with Crippen LogP contribution >= 0.6 is 0 Å². The molecule has 0 amide bonds. The van der Waals surface area contributed by atoms with Gasteiger partial charge in [-0.2, -0.15) is 5.10 Å². The fraction of sp³-hybridized carbons (Fsp3) is 0.348. The predicted octanol–water partition coefficient (Wildman–Crippen LogP) is 3.73. The lowest BCUT2D eigenvalue weighted by molar-refractivity contribution is 0.234. The van der Waals surface area contributed by atoms with Crippen LogP contribution in [-0.4, -0.2) is 48.0 Å². The summed E-state index contributed by atoms with van der Waals surface area (Å²) < 4.78 is 7.28. The largest absolute Gasteiger partial charge is 0.497 e. The van der Waals surface area contributed by atoms with Crippen LogP contribution in [0.3, 0.4) is 0 Å². The van der Waals surface area contributed by atoms with Crippen molar-refractivity contribution in [2.45, 2.75) is 25.4 Å². The van der Waals surface area contributed by atoms with Crippen molar-refractivity contribution >= 4 is 0 Å². The lowest BCUT2D eigenvalue weighted by atomic mass is 10.0. The third-order valence-corrected chi connectivity index (χ3v) is 5.47. The van der Waals surface area contributed by atoms with Crippen LogP contribution in [0, 0.1) is 0 Å². The molecular weight excluding hydrogens is 348 g/mol. The molecule has 0 aliphatic carbocycles. The number of piperidine rings is 1. The van der Waals surface area contributed by atoms with E-state index in [0.717, 1.165) is 42.3 Å². The molecule has 1 fully saturated rings. The van der Waals surface area contributed by atoms with Crippen molar-refractivity contribution in [3.05, 3.63) is 66.4 Å². The molecular formula is C23H28N4O. The number of benzene rings is 2. The highest BCUT2D eigenvalue weighted by atomic mass is 16.5. The van der Waals surface area contributed by atoms with Crippen molar-refractivity contribution in [1.29, 1.82) is 0 Å². The summed E-state index contributed by atoms with van der Waals surface area (Å²) >= 11 is 0. The van der Waals surface area contributed by atoms with Gasteiger partial charge in [0.05, 0.1) is 18.5 Å². The zero-order valence-electron chi connectivity index (χ0n) is 16.6. The van der Waals surface area contributed by atoms with Crippen LogP contribution in [0.15, 0.2) is 60.8 Å². The van der Waals surface area contributed by atoms with E-state index in [4.69, 9.17) is 9.84 Å². The molecule has 5 nitrogen and oxygen atoms in total. The van der Waals surface area contributed by atoms with E-state index in [2.05, 4.69) is 47.7 Å². The molecule has 2 aromatic carbocycles. The molecule has 0 radical (unpaired) electrons. The second kappa shape index (κ2) is 8.59. The van der Waals surface area contributed by atoms with Crippen LogP contribution in [0.1, 0.15) is 18.4 Å². The first-order chi connectivity index (χ1) is 13.7. The minimum absolute atomic E-state index is 0.569. The van der Waals surface area contributed by atoms with Gasteiger partial charge in [0.2, 0.25) is 0 Å². The van der Waals surface area contributed by atoms with Crippen molar-refractivity contribution in [3.8, 4) is 22.7 Å². The predicted molar refractivity (Wildman–Crippen MR) is 113 cm³/mol. The number of nitrogens with zero attached hydrogens (tertiary/aromatic N) is 3. The van der Waals surface area contributed by atoms with E-state index in [1.54, 1.807) is 7.11 Å². The minimum atomic E-state index is 0.569. The normalized spacial score (nSPS) is 15.6. The summed E-state index contributed by atoms with van der Waals surface area (Å²) in [5.41, 5.74) is 4.42. The van der Waals surface area contributed by atoms with Gasteiger partial charge in [-0.25, -0.2) is 4.68 Å². The molecule has 4 rings (SSSR count). The topological polar surface area (TPSA) is 42.3 Å². The van der Waals surface area contributed by atoms with Gasteiger partial charge in [-0.15, -0.1) is 0 Å². The maximum atomic E-state index is 5.30. The van der Waals surface area contributed by atoms with Gasteiger partial charge in [-0.3, -0.25) is 0 Å². The average molecular weight is 377 g/mol. The van der Waals surface area contributed by atoms with Crippen molar-refractivity contribution in [2.24, 2.45) is 0 Å². The summed E-state index contributed by atoms with van der Waals surface area (Å²) in [6.07, 6.45) is 4.54. The molecule has 5 heteroatoms. The zero-order chi connectivity index (χ0) is 19.3. The Hall–Kier alpha value is -2.63. The molecule has 1 N–H and O–H groups in total. The van der Waals surface area contributed by atoms with Crippen molar-refractivity contribution < 1.29 is 4.74 Å². The van der Waals surface area contributed by atoms with Crippen LogP contribution in [0.2, 0.25) is 0 Å². The summed E-state index contributed by atoms with van der Waals surface area (Å²) in [7, 11) is 3.89. The van der Waals surface area contributed by atoms with Gasteiger partial charge in [0, 0.05) is 29.9 Å². The molecule has 28 heavy (non-hydrogen) atoms. The van der Waals surface area contributed by atoms with E-state index in [1.807, 2.05) is 35.0 Å². The molecule has 146 valence electrons. The quantitative estimate of drug-likeness (QED) is 0.712. The fourth-order valence-electron chi connectivity index (χ4n) is 3.71. The Morgan fingerprint density at radius 2 is 1.75 bits per heavy atom. The first-order valence-electron chi connectivity index (χ1n) is 9.93. The summed E-state index contributed by atoms with van der Waals surface area (Å²) in [6.45, 7) is 3.14. The van der Waals surface area contributed by atoms with E-state index in [0.29, 0.717) is 6.04 Å². The smallest absolute Gasteiger partial charge is 0.118 e. The Morgan fingerprint density at radius 1 is 1.04 bits per heavy atom. The Bertz CT molecular complexity index is 881. The SMILES string of the molecule is COc1ccc(-c2nn(-c3ccccc3)cc2CNC2CCN(C)CC2)cc1. The van der Waals surface area contributed by atoms with Crippen LogP contribution in [0.5, 0.6) is 5.75 Å². The standard InChI is InChI=1S/C23H28N4O/c1-26-14-12-20(13-15-26)24-16-19-17-27(21-6-4-3-5-7-21)25-23(19)18-8-10-22(28-2)11-9-18/h3-11,17,20,24H,12-16H2,1-2H3. The minimum Gasteiger partial charge on any atom is -0.497 e. The summed E-state index contributed by atoms with van der Waals surface area (Å²) in [5, 5.41) is 8.66. The van der Waals surface area contributed by atoms with Crippen molar-refractivity contribution in [2.75, 3.05) is 27.2 Å². The zero-order valence-corrected chi connectivity index (χ0v) is 16.6. The summed E-state index contributed by atoms with van der Waals surface area (Å²) in [5.74, 6) is 0.859. The van der Waals surface area contributed by atoms with Crippen LogP contribution in [0.4, 0.5) is 0 Å². The molecule has 1 aromatic heterocycles. The Morgan fingerprint density at radius 3 is 2.43 bits per heavy atom. The van der Waals surface area contributed by atoms with Gasteiger partial charge >= 0.3 is 0 Å². The van der Waals surface area contributed by atoms with Crippen molar-refractivity contribution in [3.63, 3.8) is 0 Å². The first kappa shape index (κ1) is 18.7. The molecule has 0 saturated carbocycles. The number of nitrogens with one attached hydrogen (secondary N) is 1. The van der Waals surface area contributed by atoms with E-state index >= 15 is 0 Å². The van der Waals surface area contributed by atoms with E-state index in [1.165, 1.54) is 18.4 Å². The molecule has 0 unspecified atom stereocenters. The number of hydrogen-bond donors (Lipinski definition) is 1. The molecule has 0 atom stereocenters. The monoisotopic (exact) mass is 376 g/mol. The average Bonchev–Trinajstić information content (AvgIpc) is 3.18. The second-order valence-electron chi connectivity index (χ2n) is 7.47. The van der Waals surface area contributed by atoms with Gasteiger partial charge in [0.1, 0.15) is 5.75 Å². The molecule has 1 aliphatic rings. The highest BCUT2D eigenvalue weighted by molar-refractivity contribution is 5.64. The number of methoxy groups -OCH3 is 1. The Balaban J connectivity index is 1.59. The van der Waals surface area contributed by atoms with Crippen LogP contribution in [-0.2, 0) is 6.54 Å². The summed E-state index contributed by atoms with van der Waals surface area (Å²) in [6, 6.07) is 19.0. The lowest BCUT2D eigenvalue weighted by Crippen LogP contribution is -2.40. The number of hydrogen-bond acceptors (Lipinski definition) is 4. The molecule has 0 bridgehead atoms. The second-order valence-corrected chi connectivity index (χ2v) is 7.47. The van der Waals surface area contributed by atoms with Gasteiger partial charge in [-0.1, -0.05) is 18.2 Å². The van der Waals surface area contributed by atoms with Crippen molar-refractivity contribution in [1.82, 2.24) is 20.0 Å². The van der Waals surface area contributed by atoms with Gasteiger partial charge in [0.15, 0.2) is 0 Å². The van der Waals surface area contributed by atoms with Crippen LogP contribution in [0.25, 0.3) is 16.9 Å². The van der Waals surface area contributed by atoms with Gasteiger partial charge < -0.3 is 15.0 Å². The highest BCUT2D eigenvalue weighted by Crippen LogP contribution is 2.26. The Kier molecular flexibility index (Phi) is 5.74. The van der Waals surface area contributed by atoms with Crippen LogP contribution < -0.4 is 10.1 Å². The molecule has 1 saturated heterocycles. The van der Waals surface area contributed by atoms with Gasteiger partial charge in [0.25, 0.3) is 0 Å². The van der Waals surface area contributed by atoms with E-state index < -0.39 is 0 Å². The Labute approximate surface area is 166 Å². The maximum Gasteiger partial charge on any atom is 0.118 e. The van der Waals surface area contributed by atoms with E-state index in [-0.39, 0.29) is 0 Å². The number of rotatable bonds is 6. The molecule has 3 aromatic rings. The van der Waals surface area contributed by atoms with E-state index in [9.17, 15) is 0 Å². The lowest BCUT2D eigenvalue weighted by Gasteiger charge is -2.29. The third kappa shape index (κ3) is 4.26. The molecule has 1 aliphatic heterocycles. The molecule has 0 spiro atoms. The van der Waals surface area contributed by atoms with Gasteiger partial charge in [-0.05, 0) is 69.4 Å². The first-order valence-corrected chi connectivity index (χ1v) is 9.93. The maximum absolute atomic E-state index is 5.30. The highest BCUT2D eigenvalue weighted by Gasteiger charge is 2.18. The number of ether oxygens (including phenoxy) is 1. The third-order valence-electron chi connectivity index (χ3n) is 5.47. The fourth-order valence-corrected chi connectivity index (χ4v) is 3.71. The molecule has 2 heterocycles. The number of para-hydroxylation sites is 1. The number of aromatic nitrogens is 2.